The molecule has 0 spiro atoms. The van der Waals surface area contributed by atoms with Gasteiger partial charge >= 0.3 is 0 Å². The number of carbonyl (C=O) groups is 1. The quantitative estimate of drug-likeness (QED) is 0.908. The van der Waals surface area contributed by atoms with Crippen LogP contribution in [-0.2, 0) is 0 Å². The molecule has 0 aromatic carbocycles. The van der Waals surface area contributed by atoms with E-state index in [1.807, 2.05) is 0 Å². The number of amides is 1. The van der Waals surface area contributed by atoms with Gasteiger partial charge in [-0.3, -0.25) is 9.78 Å². The van der Waals surface area contributed by atoms with E-state index in [-0.39, 0.29) is 17.6 Å². The minimum Gasteiger partial charge on any atom is -0.346 e. The SMILES string of the molecule is O=C(N[C@@H]1C[C@H]2CC[C@@H]1N2)c1ncc(-c2ncccc2F)s1. The monoisotopic (exact) mass is 318 g/mol. The zero-order chi connectivity index (χ0) is 15.1. The van der Waals surface area contributed by atoms with Gasteiger partial charge in [-0.05, 0) is 31.4 Å². The topological polar surface area (TPSA) is 66.9 Å². The number of thiazole rings is 1. The molecule has 3 atom stereocenters. The lowest BCUT2D eigenvalue weighted by molar-refractivity contribution is 0.0930. The minimum absolute atomic E-state index is 0.171. The van der Waals surface area contributed by atoms with Crippen LogP contribution in [0.3, 0.4) is 0 Å². The summed E-state index contributed by atoms with van der Waals surface area (Å²) < 4.78 is 13.7. The van der Waals surface area contributed by atoms with Crippen molar-refractivity contribution in [3.05, 3.63) is 35.4 Å². The summed E-state index contributed by atoms with van der Waals surface area (Å²) in [5, 5.41) is 6.87. The van der Waals surface area contributed by atoms with Gasteiger partial charge in [0.1, 0.15) is 11.5 Å². The first-order chi connectivity index (χ1) is 10.7. The Morgan fingerprint density at radius 1 is 1.41 bits per heavy atom. The fourth-order valence-corrected chi connectivity index (χ4v) is 4.09. The molecule has 4 heterocycles. The molecule has 2 bridgehead atoms. The largest absolute Gasteiger partial charge is 0.346 e. The molecular weight excluding hydrogens is 303 g/mol. The van der Waals surface area contributed by atoms with Crippen molar-refractivity contribution in [2.24, 2.45) is 0 Å². The zero-order valence-electron chi connectivity index (χ0n) is 11.8. The van der Waals surface area contributed by atoms with Crippen molar-refractivity contribution in [3.63, 3.8) is 0 Å². The highest BCUT2D eigenvalue weighted by atomic mass is 32.1. The van der Waals surface area contributed by atoms with Gasteiger partial charge in [-0.2, -0.15) is 0 Å². The number of hydrogen-bond donors (Lipinski definition) is 2. The molecule has 2 aromatic heterocycles. The lowest BCUT2D eigenvalue weighted by atomic mass is 9.95. The maximum absolute atomic E-state index is 13.7. The van der Waals surface area contributed by atoms with Crippen LogP contribution in [-0.4, -0.2) is 34.0 Å². The van der Waals surface area contributed by atoms with Crippen LogP contribution in [0.1, 0.15) is 29.1 Å². The van der Waals surface area contributed by atoms with Crippen LogP contribution in [0, 0.1) is 5.82 Å². The highest BCUT2D eigenvalue weighted by molar-refractivity contribution is 7.16. The molecule has 22 heavy (non-hydrogen) atoms. The number of hydrogen-bond acceptors (Lipinski definition) is 5. The van der Waals surface area contributed by atoms with E-state index in [2.05, 4.69) is 20.6 Å². The van der Waals surface area contributed by atoms with Crippen molar-refractivity contribution >= 4 is 17.2 Å². The van der Waals surface area contributed by atoms with E-state index >= 15 is 0 Å². The molecular formula is C15H15FN4OS. The van der Waals surface area contributed by atoms with Gasteiger partial charge in [0.15, 0.2) is 5.01 Å². The predicted octanol–water partition coefficient (Wildman–Crippen LogP) is 1.97. The van der Waals surface area contributed by atoms with Crippen molar-refractivity contribution in [1.82, 2.24) is 20.6 Å². The Balaban J connectivity index is 1.49. The molecule has 2 N–H and O–H groups in total. The first-order valence-corrected chi connectivity index (χ1v) is 8.16. The zero-order valence-corrected chi connectivity index (χ0v) is 12.6. The van der Waals surface area contributed by atoms with Crippen LogP contribution >= 0.6 is 11.3 Å². The maximum atomic E-state index is 13.7. The summed E-state index contributed by atoms with van der Waals surface area (Å²) in [7, 11) is 0. The number of rotatable bonds is 3. The Bertz CT molecular complexity index is 719. The summed E-state index contributed by atoms with van der Waals surface area (Å²) in [6.45, 7) is 0. The van der Waals surface area contributed by atoms with Crippen molar-refractivity contribution in [2.75, 3.05) is 0 Å². The Kier molecular flexibility index (Phi) is 3.38. The van der Waals surface area contributed by atoms with E-state index in [9.17, 15) is 9.18 Å². The molecule has 5 nitrogen and oxygen atoms in total. The highest BCUT2D eigenvalue weighted by Gasteiger charge is 2.39. The third-order valence-corrected chi connectivity index (χ3v) is 5.31. The Morgan fingerprint density at radius 2 is 2.32 bits per heavy atom. The molecule has 2 saturated heterocycles. The second-order valence-corrected chi connectivity index (χ2v) is 6.76. The van der Waals surface area contributed by atoms with Gasteiger partial charge in [0, 0.05) is 30.5 Å². The normalized spacial score (nSPS) is 26.3. The minimum atomic E-state index is -0.407. The third kappa shape index (κ3) is 2.40. The fourth-order valence-electron chi connectivity index (χ4n) is 3.27. The number of halogens is 1. The second kappa shape index (κ2) is 5.40. The summed E-state index contributed by atoms with van der Waals surface area (Å²) in [5.41, 5.74) is 0.237. The molecule has 0 saturated carbocycles. The Labute approximate surface area is 131 Å². The van der Waals surface area contributed by atoms with Crippen molar-refractivity contribution in [2.45, 2.75) is 37.4 Å². The smallest absolute Gasteiger partial charge is 0.280 e. The number of carbonyl (C=O) groups excluding carboxylic acids is 1. The molecule has 4 rings (SSSR count). The fraction of sp³-hybridized carbons (Fsp3) is 0.400. The van der Waals surface area contributed by atoms with Crippen molar-refractivity contribution in [3.8, 4) is 10.6 Å². The van der Waals surface area contributed by atoms with Crippen LogP contribution < -0.4 is 10.6 Å². The van der Waals surface area contributed by atoms with Crippen LogP contribution in [0.25, 0.3) is 10.6 Å². The molecule has 7 heteroatoms. The van der Waals surface area contributed by atoms with Gasteiger partial charge in [-0.15, -0.1) is 11.3 Å². The first kappa shape index (κ1) is 13.8. The van der Waals surface area contributed by atoms with Gasteiger partial charge in [0.05, 0.1) is 4.88 Å². The molecule has 2 fully saturated rings. The van der Waals surface area contributed by atoms with E-state index in [0.29, 0.717) is 22.0 Å². The molecule has 0 aliphatic carbocycles. The van der Waals surface area contributed by atoms with E-state index in [1.165, 1.54) is 42.3 Å². The number of fused-ring (bicyclic) bond motifs is 2. The van der Waals surface area contributed by atoms with Crippen molar-refractivity contribution < 1.29 is 9.18 Å². The number of nitrogens with one attached hydrogen (secondary N) is 2. The summed E-state index contributed by atoms with van der Waals surface area (Å²) in [6.07, 6.45) is 6.31. The van der Waals surface area contributed by atoms with Gasteiger partial charge in [-0.25, -0.2) is 9.37 Å². The molecule has 2 aliphatic heterocycles. The second-order valence-electron chi connectivity index (χ2n) is 5.73. The average Bonchev–Trinajstić information content (AvgIpc) is 3.24. The average molecular weight is 318 g/mol. The predicted molar refractivity (Wildman–Crippen MR) is 81.1 cm³/mol. The summed E-state index contributed by atoms with van der Waals surface area (Å²) in [4.78, 5) is 21.0. The molecule has 1 amide bonds. The molecule has 2 aliphatic rings. The van der Waals surface area contributed by atoms with Crippen LogP contribution in [0.15, 0.2) is 24.5 Å². The van der Waals surface area contributed by atoms with Crippen LogP contribution in [0.4, 0.5) is 4.39 Å². The lowest BCUT2D eigenvalue weighted by Crippen LogP contribution is -2.42. The molecule has 2 aromatic rings. The van der Waals surface area contributed by atoms with Gasteiger partial charge in [0.25, 0.3) is 5.91 Å². The summed E-state index contributed by atoms with van der Waals surface area (Å²) >= 11 is 1.17. The van der Waals surface area contributed by atoms with Gasteiger partial charge in [0.2, 0.25) is 0 Å². The van der Waals surface area contributed by atoms with Gasteiger partial charge in [-0.1, -0.05) is 0 Å². The summed E-state index contributed by atoms with van der Waals surface area (Å²) in [5.74, 6) is -0.595. The van der Waals surface area contributed by atoms with E-state index in [4.69, 9.17) is 0 Å². The van der Waals surface area contributed by atoms with Crippen LogP contribution in [0.5, 0.6) is 0 Å². The van der Waals surface area contributed by atoms with Gasteiger partial charge < -0.3 is 10.6 Å². The number of nitrogens with zero attached hydrogens (tertiary/aromatic N) is 2. The Hall–Kier alpha value is -1.86. The summed E-state index contributed by atoms with van der Waals surface area (Å²) in [6, 6.07) is 3.97. The van der Waals surface area contributed by atoms with Crippen molar-refractivity contribution in [1.29, 1.82) is 0 Å². The maximum Gasteiger partial charge on any atom is 0.280 e. The number of pyridine rings is 1. The lowest BCUT2D eigenvalue weighted by Gasteiger charge is -2.20. The van der Waals surface area contributed by atoms with E-state index < -0.39 is 5.82 Å². The van der Waals surface area contributed by atoms with Crippen LogP contribution in [0.2, 0.25) is 0 Å². The van der Waals surface area contributed by atoms with E-state index in [1.54, 1.807) is 0 Å². The third-order valence-electron chi connectivity index (χ3n) is 4.31. The Morgan fingerprint density at radius 3 is 3.05 bits per heavy atom. The first-order valence-electron chi connectivity index (χ1n) is 7.34. The standard InChI is InChI=1S/C15H15FN4OS/c16-9-2-1-5-17-13(9)12-7-18-15(22-12)14(21)20-11-6-8-3-4-10(11)19-8/h1-2,5,7-8,10-11,19H,3-4,6H2,(H,20,21)/t8-,10+,11-/m1/s1. The van der Waals surface area contributed by atoms with E-state index in [0.717, 1.165) is 12.8 Å². The molecule has 0 radical (unpaired) electrons. The highest BCUT2D eigenvalue weighted by Crippen LogP contribution is 2.29. The molecule has 114 valence electrons. The molecule has 0 unspecified atom stereocenters. The number of aromatic nitrogens is 2.